The molecule has 0 amide bonds. The van der Waals surface area contributed by atoms with Crippen molar-refractivity contribution in [3.05, 3.63) is 40.4 Å². The largest absolute Gasteiger partial charge is 0.450 e. The molecule has 0 atom stereocenters. The van der Waals surface area contributed by atoms with Crippen LogP contribution in [0.15, 0.2) is 29.2 Å². The van der Waals surface area contributed by atoms with Crippen LogP contribution < -0.4 is 21.5 Å². The molecule has 1 aliphatic carbocycles. The Morgan fingerprint density at radius 3 is 2.56 bits per heavy atom. The first-order valence-electron chi connectivity index (χ1n) is 9.96. The van der Waals surface area contributed by atoms with Gasteiger partial charge in [0.2, 0.25) is 0 Å². The summed E-state index contributed by atoms with van der Waals surface area (Å²) >= 11 is 0. The second kappa shape index (κ2) is 8.57. The highest BCUT2D eigenvalue weighted by molar-refractivity contribution is 5.72. The minimum atomic E-state index is -0.239. The topological polar surface area (TPSA) is 82.2 Å². The summed E-state index contributed by atoms with van der Waals surface area (Å²) in [5, 5.41) is 3.19. The van der Waals surface area contributed by atoms with Crippen LogP contribution in [0.2, 0.25) is 0 Å². The molecule has 1 aromatic carbocycles. The van der Waals surface area contributed by atoms with E-state index >= 15 is 0 Å². The molecule has 27 heavy (non-hydrogen) atoms. The van der Waals surface area contributed by atoms with E-state index < -0.39 is 0 Å². The molecule has 2 aromatic rings. The minimum Gasteiger partial charge on any atom is -0.450 e. The zero-order valence-electron chi connectivity index (χ0n) is 16.5. The van der Waals surface area contributed by atoms with E-state index in [2.05, 4.69) is 24.1 Å². The number of nitrogens with zero attached hydrogens (tertiary/aromatic N) is 2. The van der Waals surface area contributed by atoms with Crippen LogP contribution in [0.1, 0.15) is 64.0 Å². The molecule has 1 aromatic heterocycles. The number of hydrogen-bond acceptors (Lipinski definition) is 5. The van der Waals surface area contributed by atoms with Crippen LogP contribution in [0.3, 0.4) is 0 Å². The number of fused-ring (bicyclic) bond motifs is 2. The average molecular weight is 370 g/mol. The Bertz CT molecular complexity index is 837. The zero-order chi connectivity index (χ0) is 19.4. The van der Waals surface area contributed by atoms with Crippen molar-refractivity contribution in [1.82, 2.24) is 9.55 Å². The average Bonchev–Trinajstić information content (AvgIpc) is 2.67. The van der Waals surface area contributed by atoms with Crippen molar-refractivity contribution in [1.29, 1.82) is 0 Å². The Morgan fingerprint density at radius 2 is 1.89 bits per heavy atom. The zero-order valence-corrected chi connectivity index (χ0v) is 16.5. The van der Waals surface area contributed by atoms with E-state index in [1.54, 1.807) is 10.8 Å². The van der Waals surface area contributed by atoms with E-state index in [-0.39, 0.29) is 17.8 Å². The van der Waals surface area contributed by atoms with Crippen molar-refractivity contribution in [2.24, 2.45) is 5.73 Å². The molecule has 1 fully saturated rings. The molecule has 2 heterocycles. The first-order chi connectivity index (χ1) is 13.0. The van der Waals surface area contributed by atoms with Crippen molar-refractivity contribution >= 4 is 11.5 Å². The summed E-state index contributed by atoms with van der Waals surface area (Å²) in [6.07, 6.45) is 8.11. The van der Waals surface area contributed by atoms with Gasteiger partial charge < -0.3 is 15.8 Å². The molecule has 1 aliphatic heterocycles. The van der Waals surface area contributed by atoms with Crippen molar-refractivity contribution in [2.75, 3.05) is 5.32 Å². The van der Waals surface area contributed by atoms with Crippen LogP contribution >= 0.6 is 0 Å². The van der Waals surface area contributed by atoms with Crippen LogP contribution in [-0.2, 0) is 0 Å². The maximum Gasteiger partial charge on any atom is 0.350 e. The Morgan fingerprint density at radius 1 is 1.19 bits per heavy atom. The van der Waals surface area contributed by atoms with E-state index in [1.165, 1.54) is 12.8 Å². The van der Waals surface area contributed by atoms with Gasteiger partial charge in [-0.25, -0.2) is 4.79 Å². The molecule has 0 unspecified atom stereocenters. The predicted molar refractivity (Wildman–Crippen MR) is 109 cm³/mol. The second-order valence-corrected chi connectivity index (χ2v) is 7.44. The van der Waals surface area contributed by atoms with Gasteiger partial charge in [0.05, 0.1) is 11.9 Å². The van der Waals surface area contributed by atoms with Gasteiger partial charge in [-0.05, 0) is 50.3 Å². The van der Waals surface area contributed by atoms with E-state index in [9.17, 15) is 4.79 Å². The molecule has 0 radical (unpaired) electrons. The van der Waals surface area contributed by atoms with Crippen LogP contribution in [0.25, 0.3) is 0 Å². The van der Waals surface area contributed by atoms with Crippen LogP contribution in [0.5, 0.6) is 11.5 Å². The lowest BCUT2D eigenvalue weighted by molar-refractivity contribution is 0.312. The van der Waals surface area contributed by atoms with E-state index in [1.807, 2.05) is 25.1 Å². The van der Waals surface area contributed by atoms with E-state index in [0.717, 1.165) is 42.7 Å². The summed E-state index contributed by atoms with van der Waals surface area (Å²) in [5.41, 5.74) is 7.67. The van der Waals surface area contributed by atoms with Gasteiger partial charge >= 0.3 is 5.69 Å². The van der Waals surface area contributed by atoms with Crippen molar-refractivity contribution < 1.29 is 4.74 Å². The molecule has 3 N–H and O–H groups in total. The number of rotatable bonds is 2. The monoisotopic (exact) mass is 370 g/mol. The molecular formula is C21H30N4O2. The summed E-state index contributed by atoms with van der Waals surface area (Å²) < 4.78 is 7.63. The fourth-order valence-corrected chi connectivity index (χ4v) is 3.33. The fraction of sp³-hybridized carbons (Fsp3) is 0.524. The van der Waals surface area contributed by atoms with Crippen molar-refractivity contribution in [3.63, 3.8) is 0 Å². The third-order valence-electron chi connectivity index (χ3n) is 5.16. The molecule has 0 saturated heterocycles. The summed E-state index contributed by atoms with van der Waals surface area (Å²) in [6, 6.07) is 6.31. The number of aromatic nitrogens is 2. The Kier molecular flexibility index (Phi) is 6.16. The quantitative estimate of drug-likeness (QED) is 0.686. The highest BCUT2D eigenvalue weighted by Gasteiger charge is 2.24. The Balaban J connectivity index is 0.000000481. The molecule has 146 valence electrons. The highest BCUT2D eigenvalue weighted by atomic mass is 16.5. The minimum absolute atomic E-state index is 0.156. The normalized spacial score (nSPS) is 20.3. The first-order valence-corrected chi connectivity index (χ1v) is 9.96. The van der Waals surface area contributed by atoms with E-state index in [0.29, 0.717) is 11.6 Å². The Labute approximate surface area is 160 Å². The van der Waals surface area contributed by atoms with Crippen LogP contribution in [-0.4, -0.2) is 15.6 Å². The Hall–Kier alpha value is -2.34. The number of anilines is 2. The van der Waals surface area contributed by atoms with Gasteiger partial charge in [-0.3, -0.25) is 4.57 Å². The summed E-state index contributed by atoms with van der Waals surface area (Å²) in [4.78, 5) is 16.6. The third-order valence-corrected chi connectivity index (χ3v) is 5.16. The second-order valence-electron chi connectivity index (χ2n) is 7.44. The predicted octanol–water partition coefficient (Wildman–Crippen LogP) is 4.65. The lowest BCUT2D eigenvalue weighted by Gasteiger charge is -2.28. The van der Waals surface area contributed by atoms with Gasteiger partial charge in [-0.1, -0.05) is 32.8 Å². The molecule has 0 spiro atoms. The highest BCUT2D eigenvalue weighted by Crippen LogP contribution is 2.41. The fourth-order valence-electron chi connectivity index (χ4n) is 3.33. The summed E-state index contributed by atoms with van der Waals surface area (Å²) in [7, 11) is 0. The van der Waals surface area contributed by atoms with Crippen LogP contribution in [0.4, 0.5) is 11.5 Å². The summed E-state index contributed by atoms with van der Waals surface area (Å²) in [6.45, 7) is 6.37. The van der Waals surface area contributed by atoms with Crippen molar-refractivity contribution in [3.8, 4) is 11.5 Å². The number of unbranched alkanes of at least 4 members (excludes halogenated alkanes) is 1. The molecule has 6 nitrogen and oxygen atoms in total. The molecule has 0 bridgehead atoms. The number of nitrogens with one attached hydrogen (secondary N) is 1. The summed E-state index contributed by atoms with van der Waals surface area (Å²) in [5.74, 6) is 1.83. The van der Waals surface area contributed by atoms with Crippen LogP contribution in [0, 0.1) is 6.92 Å². The lowest BCUT2D eigenvalue weighted by atomic mass is 9.91. The smallest absolute Gasteiger partial charge is 0.350 e. The van der Waals surface area contributed by atoms with Gasteiger partial charge in [-0.2, -0.15) is 4.98 Å². The molecule has 6 heteroatoms. The van der Waals surface area contributed by atoms with Gasteiger partial charge in [0, 0.05) is 12.1 Å². The van der Waals surface area contributed by atoms with Gasteiger partial charge in [0.15, 0.2) is 17.3 Å². The maximum atomic E-state index is 12.4. The van der Waals surface area contributed by atoms with Gasteiger partial charge in [-0.15, -0.1) is 0 Å². The van der Waals surface area contributed by atoms with Gasteiger partial charge in [0.25, 0.3) is 0 Å². The van der Waals surface area contributed by atoms with Crippen molar-refractivity contribution in [2.45, 2.75) is 71.4 Å². The third kappa shape index (κ3) is 4.50. The van der Waals surface area contributed by atoms with Gasteiger partial charge in [0.1, 0.15) is 0 Å². The number of aryl methyl sites for hydroxylation is 1. The molecular weight excluding hydrogens is 340 g/mol. The standard InChI is InChI=1S/C17H20N4O2.C4H10/c1-10-2-7-14-13(8-10)19-16-15(23-14)9-21(17(22)20-16)12-5-3-11(18)4-6-12;1-3-4-2/h2,7-9,11-12H,3-6,18H2,1H3,(H,19,20,22);3-4H2,1-2H3. The maximum absolute atomic E-state index is 12.4. The molecule has 2 aliphatic rings. The molecule has 4 rings (SSSR count). The number of benzene rings is 1. The number of hydrogen-bond donors (Lipinski definition) is 2. The SMILES string of the molecule is CCCC.Cc1ccc2c(c1)Nc1nc(=O)n(C3CCC(N)CC3)cc1O2. The lowest BCUT2D eigenvalue weighted by Crippen LogP contribution is -2.33. The molecule has 1 saturated carbocycles. The van der Waals surface area contributed by atoms with E-state index in [4.69, 9.17) is 10.5 Å². The number of nitrogens with two attached hydrogens (primary N) is 1. The number of ether oxygens (including phenoxy) is 1. The first kappa shape index (κ1) is 19.4.